The molecule has 1 heterocycles. The Bertz CT molecular complexity index is 399. The SMILES string of the molecule is COCC(NC(=O)N1CC2CCCC2C1C(=O)O)C(C)C. The van der Waals surface area contributed by atoms with Gasteiger partial charge in [0, 0.05) is 13.7 Å². The predicted molar refractivity (Wildman–Crippen MR) is 78.0 cm³/mol. The van der Waals surface area contributed by atoms with Crippen molar-refractivity contribution in [2.24, 2.45) is 17.8 Å². The highest BCUT2D eigenvalue weighted by Crippen LogP contribution is 2.42. The number of rotatable bonds is 5. The zero-order chi connectivity index (χ0) is 15.6. The van der Waals surface area contributed by atoms with E-state index in [1.165, 1.54) is 4.90 Å². The Morgan fingerprint density at radius 1 is 1.38 bits per heavy atom. The molecule has 4 unspecified atom stereocenters. The van der Waals surface area contributed by atoms with Crippen molar-refractivity contribution in [3.05, 3.63) is 0 Å². The molecule has 1 aliphatic carbocycles. The van der Waals surface area contributed by atoms with E-state index in [4.69, 9.17) is 4.74 Å². The quantitative estimate of drug-likeness (QED) is 0.807. The van der Waals surface area contributed by atoms with E-state index in [9.17, 15) is 14.7 Å². The van der Waals surface area contributed by atoms with Crippen LogP contribution >= 0.6 is 0 Å². The van der Waals surface area contributed by atoms with Crippen molar-refractivity contribution in [1.82, 2.24) is 10.2 Å². The number of ether oxygens (including phenoxy) is 1. The van der Waals surface area contributed by atoms with E-state index in [1.54, 1.807) is 7.11 Å². The molecule has 0 aromatic heterocycles. The van der Waals surface area contributed by atoms with Gasteiger partial charge in [0.1, 0.15) is 6.04 Å². The number of fused-ring (bicyclic) bond motifs is 1. The number of amides is 2. The first-order chi connectivity index (χ1) is 9.95. The number of nitrogens with zero attached hydrogens (tertiary/aromatic N) is 1. The van der Waals surface area contributed by atoms with Gasteiger partial charge in [-0.2, -0.15) is 0 Å². The molecule has 0 radical (unpaired) electrons. The normalized spacial score (nSPS) is 29.5. The lowest BCUT2D eigenvalue weighted by molar-refractivity contribution is -0.142. The van der Waals surface area contributed by atoms with Crippen LogP contribution in [-0.2, 0) is 9.53 Å². The van der Waals surface area contributed by atoms with E-state index >= 15 is 0 Å². The molecule has 2 rings (SSSR count). The van der Waals surface area contributed by atoms with Crippen LogP contribution in [0.25, 0.3) is 0 Å². The Balaban J connectivity index is 2.05. The molecule has 6 heteroatoms. The van der Waals surface area contributed by atoms with E-state index in [0.29, 0.717) is 19.1 Å². The summed E-state index contributed by atoms with van der Waals surface area (Å²) in [4.78, 5) is 25.6. The smallest absolute Gasteiger partial charge is 0.326 e. The Morgan fingerprint density at radius 2 is 2.10 bits per heavy atom. The third-order valence-electron chi connectivity index (χ3n) is 4.86. The van der Waals surface area contributed by atoms with E-state index in [2.05, 4.69) is 5.32 Å². The van der Waals surface area contributed by atoms with Crippen LogP contribution in [0.4, 0.5) is 4.79 Å². The van der Waals surface area contributed by atoms with Gasteiger partial charge in [0.25, 0.3) is 0 Å². The molecular formula is C15H26N2O4. The maximum atomic E-state index is 12.5. The summed E-state index contributed by atoms with van der Waals surface area (Å²) in [6.07, 6.45) is 3.02. The lowest BCUT2D eigenvalue weighted by Gasteiger charge is -2.28. The van der Waals surface area contributed by atoms with Crippen molar-refractivity contribution in [2.45, 2.75) is 45.2 Å². The second-order valence-electron chi connectivity index (χ2n) is 6.55. The van der Waals surface area contributed by atoms with E-state index in [1.807, 2.05) is 13.8 Å². The lowest BCUT2D eigenvalue weighted by atomic mass is 9.94. The van der Waals surface area contributed by atoms with Crippen LogP contribution in [0.2, 0.25) is 0 Å². The van der Waals surface area contributed by atoms with Crippen LogP contribution in [0.15, 0.2) is 0 Å². The molecule has 6 nitrogen and oxygen atoms in total. The van der Waals surface area contributed by atoms with Crippen LogP contribution in [0.5, 0.6) is 0 Å². The van der Waals surface area contributed by atoms with Gasteiger partial charge in [-0.05, 0) is 30.6 Å². The fourth-order valence-corrected chi connectivity index (χ4v) is 3.65. The van der Waals surface area contributed by atoms with E-state index in [-0.39, 0.29) is 23.9 Å². The molecule has 2 N–H and O–H groups in total. The summed E-state index contributed by atoms with van der Waals surface area (Å²) >= 11 is 0. The number of hydrogen-bond donors (Lipinski definition) is 2. The molecule has 0 aromatic rings. The number of likely N-dealkylation sites (tertiary alicyclic amines) is 1. The molecule has 4 atom stereocenters. The fraction of sp³-hybridized carbons (Fsp3) is 0.867. The second kappa shape index (κ2) is 6.64. The topological polar surface area (TPSA) is 78.9 Å². The largest absolute Gasteiger partial charge is 0.480 e. The average Bonchev–Trinajstić information content (AvgIpc) is 2.96. The van der Waals surface area contributed by atoms with Gasteiger partial charge >= 0.3 is 12.0 Å². The summed E-state index contributed by atoms with van der Waals surface area (Å²) in [5.74, 6) is -0.184. The zero-order valence-corrected chi connectivity index (χ0v) is 13.0. The van der Waals surface area contributed by atoms with Crippen molar-refractivity contribution in [2.75, 3.05) is 20.3 Å². The third kappa shape index (κ3) is 3.31. The number of urea groups is 1. The molecule has 0 aromatic carbocycles. The Kier molecular flexibility index (Phi) is 5.08. The van der Waals surface area contributed by atoms with Crippen molar-refractivity contribution in [3.63, 3.8) is 0 Å². The van der Waals surface area contributed by atoms with Crippen molar-refractivity contribution >= 4 is 12.0 Å². The highest BCUT2D eigenvalue weighted by molar-refractivity contribution is 5.84. The molecule has 21 heavy (non-hydrogen) atoms. The van der Waals surface area contributed by atoms with E-state index < -0.39 is 12.0 Å². The molecule has 0 bridgehead atoms. The van der Waals surface area contributed by atoms with Crippen LogP contribution in [0.3, 0.4) is 0 Å². The summed E-state index contributed by atoms with van der Waals surface area (Å²) in [5, 5.41) is 12.4. The average molecular weight is 298 g/mol. The van der Waals surface area contributed by atoms with Gasteiger partial charge in [0.05, 0.1) is 12.6 Å². The summed E-state index contributed by atoms with van der Waals surface area (Å²) < 4.78 is 5.13. The number of methoxy groups -OCH3 is 1. The lowest BCUT2D eigenvalue weighted by Crippen LogP contribution is -2.52. The summed E-state index contributed by atoms with van der Waals surface area (Å²) in [6, 6.07) is -1.04. The van der Waals surface area contributed by atoms with Crippen molar-refractivity contribution in [3.8, 4) is 0 Å². The maximum Gasteiger partial charge on any atom is 0.326 e. The molecule has 120 valence electrons. The monoisotopic (exact) mass is 298 g/mol. The fourth-order valence-electron chi connectivity index (χ4n) is 3.65. The standard InChI is InChI=1S/C15H26N2O4/c1-9(2)12(8-21-3)16-15(20)17-7-10-5-4-6-11(10)13(17)14(18)19/h9-13H,4-8H2,1-3H3,(H,16,20)(H,18,19). The molecular weight excluding hydrogens is 272 g/mol. The summed E-state index contributed by atoms with van der Waals surface area (Å²) in [5.41, 5.74) is 0. The van der Waals surface area contributed by atoms with Gasteiger partial charge < -0.3 is 20.1 Å². The van der Waals surface area contributed by atoms with E-state index in [0.717, 1.165) is 19.3 Å². The van der Waals surface area contributed by atoms with Gasteiger partial charge in [-0.3, -0.25) is 0 Å². The summed E-state index contributed by atoms with van der Waals surface area (Å²) in [7, 11) is 1.60. The number of carboxylic acids is 1. The first-order valence-electron chi connectivity index (χ1n) is 7.74. The number of hydrogen-bond acceptors (Lipinski definition) is 3. The first kappa shape index (κ1) is 16.1. The van der Waals surface area contributed by atoms with Crippen LogP contribution in [-0.4, -0.2) is 54.4 Å². The van der Waals surface area contributed by atoms with Crippen molar-refractivity contribution in [1.29, 1.82) is 0 Å². The number of aliphatic carboxylic acids is 1. The summed E-state index contributed by atoms with van der Waals surface area (Å²) in [6.45, 7) is 5.02. The predicted octanol–water partition coefficient (Wildman–Crippen LogP) is 1.55. The minimum absolute atomic E-state index is 0.0996. The highest BCUT2D eigenvalue weighted by atomic mass is 16.5. The Morgan fingerprint density at radius 3 is 2.67 bits per heavy atom. The molecule has 1 aliphatic heterocycles. The first-order valence-corrected chi connectivity index (χ1v) is 7.74. The minimum atomic E-state index is -0.882. The van der Waals surface area contributed by atoms with Gasteiger partial charge in [0.15, 0.2) is 0 Å². The van der Waals surface area contributed by atoms with Crippen LogP contribution < -0.4 is 5.32 Å². The van der Waals surface area contributed by atoms with Crippen LogP contribution in [0, 0.1) is 17.8 Å². The Hall–Kier alpha value is -1.30. The van der Waals surface area contributed by atoms with Gasteiger partial charge in [-0.1, -0.05) is 20.3 Å². The molecule has 2 fully saturated rings. The molecule has 0 spiro atoms. The Labute approximate surface area is 125 Å². The minimum Gasteiger partial charge on any atom is -0.480 e. The maximum absolute atomic E-state index is 12.5. The molecule has 2 aliphatic rings. The zero-order valence-electron chi connectivity index (χ0n) is 13.0. The van der Waals surface area contributed by atoms with Gasteiger partial charge in [-0.15, -0.1) is 0 Å². The second-order valence-corrected chi connectivity index (χ2v) is 6.55. The van der Waals surface area contributed by atoms with Crippen molar-refractivity contribution < 1.29 is 19.4 Å². The van der Waals surface area contributed by atoms with Gasteiger partial charge in [-0.25, -0.2) is 9.59 Å². The number of carboxylic acid groups (broad SMARTS) is 1. The van der Waals surface area contributed by atoms with Gasteiger partial charge in [0.2, 0.25) is 0 Å². The highest BCUT2D eigenvalue weighted by Gasteiger charge is 2.49. The molecule has 1 saturated heterocycles. The number of nitrogens with one attached hydrogen (secondary N) is 1. The molecule has 1 saturated carbocycles. The van der Waals surface area contributed by atoms with Crippen LogP contribution in [0.1, 0.15) is 33.1 Å². The number of carbonyl (C=O) groups is 2. The number of carbonyl (C=O) groups excluding carboxylic acids is 1. The molecule has 2 amide bonds. The third-order valence-corrected chi connectivity index (χ3v) is 4.86.